The van der Waals surface area contributed by atoms with E-state index in [1.54, 1.807) is 0 Å². The maximum Gasteiger partial charge on any atom is 0.127 e. The van der Waals surface area contributed by atoms with E-state index in [0.717, 1.165) is 44.2 Å². The average molecular weight is 325 g/mol. The lowest BCUT2D eigenvalue weighted by Gasteiger charge is -2.36. The minimum absolute atomic E-state index is 0.390. The Morgan fingerprint density at radius 2 is 1.71 bits per heavy atom. The maximum atomic E-state index is 6.02. The van der Waals surface area contributed by atoms with Crippen molar-refractivity contribution in [1.82, 2.24) is 15.1 Å². The van der Waals surface area contributed by atoms with E-state index in [0.29, 0.717) is 6.04 Å². The Bertz CT molecular complexity index is 624. The fraction of sp³-hybridized carbons (Fsp3) is 0.400. The number of para-hydroxylation sites is 1. The number of hydrogen-bond acceptors (Lipinski definition) is 4. The molecule has 0 saturated carbocycles. The lowest BCUT2D eigenvalue weighted by atomic mass is 10.0. The van der Waals surface area contributed by atoms with Crippen molar-refractivity contribution in [3.05, 3.63) is 60.2 Å². The van der Waals surface area contributed by atoms with Crippen LogP contribution in [0.15, 0.2) is 54.6 Å². The summed E-state index contributed by atoms with van der Waals surface area (Å²) < 4.78 is 6.02. The first-order valence-electron chi connectivity index (χ1n) is 8.65. The van der Waals surface area contributed by atoms with Gasteiger partial charge < -0.3 is 15.0 Å². The second kappa shape index (κ2) is 8.29. The van der Waals surface area contributed by atoms with Crippen LogP contribution >= 0.6 is 0 Å². The van der Waals surface area contributed by atoms with Gasteiger partial charge in [-0.2, -0.15) is 0 Å². The lowest BCUT2D eigenvalue weighted by molar-refractivity contribution is 0.144. The molecule has 1 N–H and O–H groups in total. The van der Waals surface area contributed by atoms with Gasteiger partial charge in [-0.25, -0.2) is 0 Å². The molecule has 0 spiro atoms. The number of nitrogens with one attached hydrogen (secondary N) is 1. The minimum atomic E-state index is 0.390. The second-order valence-electron chi connectivity index (χ2n) is 6.55. The summed E-state index contributed by atoms with van der Waals surface area (Å²) in [5, 5.41) is 3.44. The highest BCUT2D eigenvalue weighted by Gasteiger charge is 2.23. The van der Waals surface area contributed by atoms with Gasteiger partial charge in [-0.05, 0) is 43.9 Å². The highest BCUT2D eigenvalue weighted by molar-refractivity contribution is 5.35. The van der Waals surface area contributed by atoms with E-state index in [9.17, 15) is 0 Å². The molecule has 0 bridgehead atoms. The van der Waals surface area contributed by atoms with Crippen molar-refractivity contribution in [3.63, 3.8) is 0 Å². The molecule has 3 rings (SSSR count). The van der Waals surface area contributed by atoms with Gasteiger partial charge in [-0.15, -0.1) is 0 Å². The quantitative estimate of drug-likeness (QED) is 0.884. The van der Waals surface area contributed by atoms with Gasteiger partial charge in [0.25, 0.3) is 0 Å². The van der Waals surface area contributed by atoms with Crippen LogP contribution in [0.1, 0.15) is 11.6 Å². The molecule has 2 aromatic rings. The fourth-order valence-electron chi connectivity index (χ4n) is 3.18. The number of hydrogen-bond donors (Lipinski definition) is 1. The molecule has 1 saturated heterocycles. The van der Waals surface area contributed by atoms with Crippen molar-refractivity contribution in [2.45, 2.75) is 6.04 Å². The minimum Gasteiger partial charge on any atom is -0.457 e. The first-order chi connectivity index (χ1) is 11.7. The summed E-state index contributed by atoms with van der Waals surface area (Å²) in [4.78, 5) is 4.83. The van der Waals surface area contributed by atoms with Crippen molar-refractivity contribution >= 4 is 0 Å². The monoisotopic (exact) mass is 325 g/mol. The third-order valence-electron chi connectivity index (χ3n) is 4.35. The van der Waals surface area contributed by atoms with Gasteiger partial charge in [-0.1, -0.05) is 30.3 Å². The van der Waals surface area contributed by atoms with Gasteiger partial charge >= 0.3 is 0 Å². The molecule has 1 fully saturated rings. The Morgan fingerprint density at radius 1 is 1.00 bits per heavy atom. The Kier molecular flexibility index (Phi) is 5.86. The summed E-state index contributed by atoms with van der Waals surface area (Å²) in [5.74, 6) is 1.78. The van der Waals surface area contributed by atoms with Crippen molar-refractivity contribution in [2.24, 2.45) is 0 Å². The molecule has 4 heteroatoms. The number of piperazine rings is 1. The largest absolute Gasteiger partial charge is 0.457 e. The standard InChI is InChI=1S/C20H27N3O/c1-22(2)16-20(23-13-11-21-12-14-23)17-7-6-10-19(15-17)24-18-8-4-3-5-9-18/h3-10,15,20-21H,11-14,16H2,1-2H3. The second-order valence-corrected chi connectivity index (χ2v) is 6.55. The van der Waals surface area contributed by atoms with E-state index in [2.05, 4.69) is 47.4 Å². The van der Waals surface area contributed by atoms with E-state index in [1.807, 2.05) is 36.4 Å². The van der Waals surface area contributed by atoms with Gasteiger partial charge in [0.15, 0.2) is 0 Å². The maximum absolute atomic E-state index is 6.02. The molecule has 1 unspecified atom stereocenters. The predicted molar refractivity (Wildman–Crippen MR) is 98.7 cm³/mol. The summed E-state index contributed by atoms with van der Waals surface area (Å²) in [7, 11) is 4.28. The Hall–Kier alpha value is -1.88. The molecular weight excluding hydrogens is 298 g/mol. The van der Waals surface area contributed by atoms with Crippen molar-refractivity contribution < 1.29 is 4.74 Å². The lowest BCUT2D eigenvalue weighted by Crippen LogP contribution is -2.47. The van der Waals surface area contributed by atoms with Gasteiger partial charge in [0.1, 0.15) is 11.5 Å². The first-order valence-corrected chi connectivity index (χ1v) is 8.65. The van der Waals surface area contributed by atoms with Crippen LogP contribution in [-0.2, 0) is 0 Å². The van der Waals surface area contributed by atoms with Crippen LogP contribution in [0.4, 0.5) is 0 Å². The van der Waals surface area contributed by atoms with Gasteiger partial charge in [0.2, 0.25) is 0 Å². The van der Waals surface area contributed by atoms with Crippen LogP contribution in [0.2, 0.25) is 0 Å². The highest BCUT2D eigenvalue weighted by Crippen LogP contribution is 2.28. The van der Waals surface area contributed by atoms with Crippen molar-refractivity contribution in [2.75, 3.05) is 46.8 Å². The fourth-order valence-corrected chi connectivity index (χ4v) is 3.18. The third-order valence-corrected chi connectivity index (χ3v) is 4.35. The molecule has 0 radical (unpaired) electrons. The third kappa shape index (κ3) is 4.57. The van der Waals surface area contributed by atoms with E-state index >= 15 is 0 Å². The van der Waals surface area contributed by atoms with Gasteiger partial charge in [-0.3, -0.25) is 4.90 Å². The summed E-state index contributed by atoms with van der Waals surface area (Å²) >= 11 is 0. The molecule has 1 heterocycles. The van der Waals surface area contributed by atoms with Crippen LogP contribution in [0.5, 0.6) is 11.5 Å². The van der Waals surface area contributed by atoms with Crippen LogP contribution < -0.4 is 10.1 Å². The zero-order chi connectivity index (χ0) is 16.8. The molecule has 1 aliphatic heterocycles. The molecule has 128 valence electrons. The summed E-state index contributed by atoms with van der Waals surface area (Å²) in [5.41, 5.74) is 1.32. The summed E-state index contributed by atoms with van der Waals surface area (Å²) in [6.45, 7) is 5.30. The Balaban J connectivity index is 1.80. The highest BCUT2D eigenvalue weighted by atomic mass is 16.5. The van der Waals surface area contributed by atoms with Gasteiger partial charge in [0.05, 0.1) is 0 Å². The molecule has 0 aliphatic carbocycles. The molecule has 0 aromatic heterocycles. The van der Waals surface area contributed by atoms with Gasteiger partial charge in [0, 0.05) is 38.8 Å². The first kappa shape index (κ1) is 17.0. The molecule has 24 heavy (non-hydrogen) atoms. The SMILES string of the molecule is CN(C)CC(c1cccc(Oc2ccccc2)c1)N1CCNCC1. The zero-order valence-electron chi connectivity index (χ0n) is 14.6. The summed E-state index contributed by atoms with van der Waals surface area (Å²) in [6.07, 6.45) is 0. The molecule has 1 aliphatic rings. The number of benzene rings is 2. The van der Waals surface area contributed by atoms with Crippen LogP contribution in [0.3, 0.4) is 0 Å². The predicted octanol–water partition coefficient (Wildman–Crippen LogP) is 2.99. The Morgan fingerprint density at radius 3 is 2.42 bits per heavy atom. The van der Waals surface area contributed by atoms with Crippen LogP contribution in [0, 0.1) is 0 Å². The number of nitrogens with zero attached hydrogens (tertiary/aromatic N) is 2. The number of ether oxygens (including phenoxy) is 1. The molecular formula is C20H27N3O. The molecule has 4 nitrogen and oxygen atoms in total. The molecule has 2 aromatic carbocycles. The normalized spacial score (nSPS) is 17.0. The topological polar surface area (TPSA) is 27.7 Å². The van der Waals surface area contributed by atoms with Crippen LogP contribution in [-0.4, -0.2) is 56.6 Å². The van der Waals surface area contributed by atoms with E-state index in [4.69, 9.17) is 4.74 Å². The van der Waals surface area contributed by atoms with Crippen LogP contribution in [0.25, 0.3) is 0 Å². The smallest absolute Gasteiger partial charge is 0.127 e. The van der Waals surface area contributed by atoms with Crippen molar-refractivity contribution in [1.29, 1.82) is 0 Å². The van der Waals surface area contributed by atoms with E-state index in [-0.39, 0.29) is 0 Å². The number of rotatable bonds is 6. The van der Waals surface area contributed by atoms with E-state index < -0.39 is 0 Å². The average Bonchev–Trinajstić information content (AvgIpc) is 2.61. The zero-order valence-corrected chi connectivity index (χ0v) is 14.6. The molecule has 1 atom stereocenters. The summed E-state index contributed by atoms with van der Waals surface area (Å²) in [6, 6.07) is 18.9. The molecule has 0 amide bonds. The van der Waals surface area contributed by atoms with E-state index in [1.165, 1.54) is 5.56 Å². The number of likely N-dealkylation sites (N-methyl/N-ethyl adjacent to an activating group) is 1. The van der Waals surface area contributed by atoms with Crippen molar-refractivity contribution in [3.8, 4) is 11.5 Å². The Labute approximate surface area is 145 Å².